The topological polar surface area (TPSA) is 66.4 Å². The Balaban J connectivity index is 1.97. The van der Waals surface area contributed by atoms with Gasteiger partial charge in [0.05, 0.1) is 0 Å². The van der Waals surface area contributed by atoms with Gasteiger partial charge in [0, 0.05) is 6.54 Å². The third-order valence-corrected chi connectivity index (χ3v) is 4.54. The van der Waals surface area contributed by atoms with E-state index in [0.717, 1.165) is 19.3 Å². The first-order chi connectivity index (χ1) is 8.59. The van der Waals surface area contributed by atoms with Crippen molar-refractivity contribution in [3.8, 4) is 5.75 Å². The van der Waals surface area contributed by atoms with E-state index in [1.54, 1.807) is 12.1 Å². The van der Waals surface area contributed by atoms with E-state index in [4.69, 9.17) is 0 Å². The van der Waals surface area contributed by atoms with E-state index < -0.39 is 10.0 Å². The minimum absolute atomic E-state index is 0.0644. The van der Waals surface area contributed by atoms with Crippen molar-refractivity contribution in [3.63, 3.8) is 0 Å². The van der Waals surface area contributed by atoms with Gasteiger partial charge in [-0.1, -0.05) is 23.8 Å². The highest BCUT2D eigenvalue weighted by Gasteiger charge is 2.17. The van der Waals surface area contributed by atoms with Crippen molar-refractivity contribution in [1.82, 2.24) is 4.72 Å². The van der Waals surface area contributed by atoms with Crippen LogP contribution in [0.2, 0.25) is 0 Å². The van der Waals surface area contributed by atoms with Crippen molar-refractivity contribution in [2.45, 2.75) is 30.6 Å². The third-order valence-electron chi connectivity index (χ3n) is 3.03. The van der Waals surface area contributed by atoms with Crippen LogP contribution >= 0.6 is 0 Å². The molecule has 0 spiro atoms. The minimum atomic E-state index is -3.61. The molecule has 0 aliphatic heterocycles. The van der Waals surface area contributed by atoms with Gasteiger partial charge in [-0.05, 0) is 37.8 Å². The molecule has 1 aromatic rings. The van der Waals surface area contributed by atoms with Gasteiger partial charge in [0.25, 0.3) is 0 Å². The maximum absolute atomic E-state index is 11.9. The number of phenols is 1. The number of sulfonamides is 1. The Morgan fingerprint density at radius 3 is 2.72 bits per heavy atom. The molecule has 5 heteroatoms. The zero-order chi connectivity index (χ0) is 13.0. The molecular formula is C13H17NO3S. The number of para-hydroxylation sites is 1. The van der Waals surface area contributed by atoms with E-state index in [1.807, 2.05) is 0 Å². The number of nitrogens with one attached hydrogen (secondary N) is 1. The molecule has 0 amide bonds. The molecular weight excluding hydrogens is 250 g/mol. The summed E-state index contributed by atoms with van der Waals surface area (Å²) in [7, 11) is -3.61. The van der Waals surface area contributed by atoms with Gasteiger partial charge >= 0.3 is 0 Å². The van der Waals surface area contributed by atoms with Crippen LogP contribution in [-0.2, 0) is 10.0 Å². The zero-order valence-corrected chi connectivity index (χ0v) is 10.9. The van der Waals surface area contributed by atoms with Crippen LogP contribution in [0.5, 0.6) is 5.75 Å². The fourth-order valence-electron chi connectivity index (χ4n) is 2.07. The Hall–Kier alpha value is -1.33. The number of hydrogen-bond donors (Lipinski definition) is 2. The number of aromatic hydroxyl groups is 1. The molecule has 0 fully saturated rings. The Labute approximate surface area is 107 Å². The molecule has 0 aromatic heterocycles. The van der Waals surface area contributed by atoms with Gasteiger partial charge in [0.2, 0.25) is 10.0 Å². The lowest BCUT2D eigenvalue weighted by molar-refractivity contribution is 0.458. The number of rotatable bonds is 5. The van der Waals surface area contributed by atoms with Crippen LogP contribution in [0.3, 0.4) is 0 Å². The van der Waals surface area contributed by atoms with E-state index in [0.29, 0.717) is 6.54 Å². The summed E-state index contributed by atoms with van der Waals surface area (Å²) in [5, 5.41) is 9.53. The predicted octanol–water partition coefficient (Wildman–Crippen LogP) is 2.17. The van der Waals surface area contributed by atoms with E-state index in [9.17, 15) is 13.5 Å². The molecule has 0 saturated carbocycles. The van der Waals surface area contributed by atoms with Gasteiger partial charge in [-0.15, -0.1) is 0 Å². The van der Waals surface area contributed by atoms with Crippen LogP contribution < -0.4 is 4.72 Å². The van der Waals surface area contributed by atoms with Crippen molar-refractivity contribution in [2.24, 2.45) is 0 Å². The highest BCUT2D eigenvalue weighted by Crippen LogP contribution is 2.22. The summed E-state index contributed by atoms with van der Waals surface area (Å²) in [5.74, 6) is -0.218. The molecule has 1 aliphatic rings. The standard InChI is InChI=1S/C13H17NO3S/c15-12-7-3-4-8-13(12)18(16,17)14-10-9-11-5-1-2-6-11/h3-5,7-8,14-15H,1-2,6,9-10H2. The maximum atomic E-state index is 11.9. The molecule has 2 rings (SSSR count). The Kier molecular flexibility index (Phi) is 4.04. The molecule has 1 aromatic carbocycles. The van der Waals surface area contributed by atoms with E-state index in [2.05, 4.69) is 10.8 Å². The summed E-state index contributed by atoms with van der Waals surface area (Å²) in [6.07, 6.45) is 6.25. The van der Waals surface area contributed by atoms with Crippen LogP contribution in [0, 0.1) is 0 Å². The van der Waals surface area contributed by atoms with Crippen LogP contribution in [0.4, 0.5) is 0 Å². The molecule has 4 nitrogen and oxygen atoms in total. The lowest BCUT2D eigenvalue weighted by atomic mass is 10.2. The quantitative estimate of drug-likeness (QED) is 0.803. The largest absolute Gasteiger partial charge is 0.507 e. The first-order valence-electron chi connectivity index (χ1n) is 6.05. The van der Waals surface area contributed by atoms with E-state index in [1.165, 1.54) is 24.1 Å². The van der Waals surface area contributed by atoms with E-state index >= 15 is 0 Å². The average Bonchev–Trinajstić information content (AvgIpc) is 2.82. The number of benzene rings is 1. The Bertz CT molecular complexity index is 549. The first kappa shape index (κ1) is 13.1. The summed E-state index contributed by atoms with van der Waals surface area (Å²) in [6, 6.07) is 5.95. The van der Waals surface area contributed by atoms with Crippen LogP contribution in [0.1, 0.15) is 25.7 Å². The Morgan fingerprint density at radius 1 is 1.28 bits per heavy atom. The highest BCUT2D eigenvalue weighted by molar-refractivity contribution is 7.89. The summed E-state index contributed by atoms with van der Waals surface area (Å²) in [4.78, 5) is -0.0644. The van der Waals surface area contributed by atoms with Gasteiger partial charge in [0.1, 0.15) is 10.6 Å². The molecule has 0 radical (unpaired) electrons. The van der Waals surface area contributed by atoms with Crippen molar-refractivity contribution < 1.29 is 13.5 Å². The lowest BCUT2D eigenvalue weighted by Crippen LogP contribution is -2.25. The van der Waals surface area contributed by atoms with Crippen LogP contribution in [-0.4, -0.2) is 20.1 Å². The molecule has 2 N–H and O–H groups in total. The zero-order valence-electron chi connectivity index (χ0n) is 10.1. The molecule has 1 aliphatic carbocycles. The second kappa shape index (κ2) is 5.54. The average molecular weight is 267 g/mol. The van der Waals surface area contributed by atoms with Crippen LogP contribution in [0.25, 0.3) is 0 Å². The normalized spacial score (nSPS) is 15.7. The van der Waals surface area contributed by atoms with Crippen molar-refractivity contribution in [2.75, 3.05) is 6.54 Å². The number of allylic oxidation sites excluding steroid dienone is 1. The monoisotopic (exact) mass is 267 g/mol. The van der Waals surface area contributed by atoms with Crippen molar-refractivity contribution in [1.29, 1.82) is 0 Å². The van der Waals surface area contributed by atoms with Gasteiger partial charge in [-0.25, -0.2) is 13.1 Å². The Morgan fingerprint density at radius 2 is 2.06 bits per heavy atom. The SMILES string of the molecule is O=S(=O)(NCCC1=CCCC1)c1ccccc1O. The van der Waals surface area contributed by atoms with Crippen LogP contribution in [0.15, 0.2) is 40.8 Å². The second-order valence-corrected chi connectivity index (χ2v) is 6.11. The fourth-order valence-corrected chi connectivity index (χ4v) is 3.20. The molecule has 0 heterocycles. The van der Waals surface area contributed by atoms with Gasteiger partial charge in [0.15, 0.2) is 0 Å². The second-order valence-electron chi connectivity index (χ2n) is 4.37. The summed E-state index contributed by atoms with van der Waals surface area (Å²) in [6.45, 7) is 0.377. The molecule has 0 unspecified atom stereocenters. The third kappa shape index (κ3) is 3.11. The molecule has 0 atom stereocenters. The summed E-state index contributed by atoms with van der Waals surface area (Å²) in [5.41, 5.74) is 1.31. The molecule has 0 bridgehead atoms. The number of hydrogen-bond acceptors (Lipinski definition) is 3. The maximum Gasteiger partial charge on any atom is 0.244 e. The summed E-state index contributed by atoms with van der Waals surface area (Å²) < 4.78 is 26.4. The molecule has 0 saturated heterocycles. The predicted molar refractivity (Wildman–Crippen MR) is 69.8 cm³/mol. The fraction of sp³-hybridized carbons (Fsp3) is 0.385. The lowest BCUT2D eigenvalue weighted by Gasteiger charge is -2.08. The van der Waals surface area contributed by atoms with Gasteiger partial charge in [-0.2, -0.15) is 0 Å². The molecule has 98 valence electrons. The smallest absolute Gasteiger partial charge is 0.244 e. The van der Waals surface area contributed by atoms with Crippen molar-refractivity contribution >= 4 is 10.0 Å². The number of phenolic OH excluding ortho intramolecular Hbond substituents is 1. The molecule has 18 heavy (non-hydrogen) atoms. The van der Waals surface area contributed by atoms with Gasteiger partial charge < -0.3 is 5.11 Å². The summed E-state index contributed by atoms with van der Waals surface area (Å²) >= 11 is 0. The van der Waals surface area contributed by atoms with Crippen molar-refractivity contribution in [3.05, 3.63) is 35.9 Å². The highest BCUT2D eigenvalue weighted by atomic mass is 32.2. The van der Waals surface area contributed by atoms with Gasteiger partial charge in [-0.3, -0.25) is 0 Å². The van der Waals surface area contributed by atoms with E-state index in [-0.39, 0.29) is 10.6 Å². The first-order valence-corrected chi connectivity index (χ1v) is 7.53. The minimum Gasteiger partial charge on any atom is -0.507 e.